The number of nitrogens with one attached hydrogen (secondary N) is 1. The highest BCUT2D eigenvalue weighted by Gasteiger charge is 2.17. The molecule has 1 aromatic rings. The number of hydrogen-bond donors (Lipinski definition) is 2. The van der Waals surface area contributed by atoms with Crippen molar-refractivity contribution in [2.75, 3.05) is 6.79 Å². The second kappa shape index (κ2) is 6.79. The largest absolute Gasteiger partial charge is 0.454 e. The van der Waals surface area contributed by atoms with Crippen LogP contribution in [0.15, 0.2) is 59.4 Å². The first-order valence-electron chi connectivity index (χ1n) is 7.30. The van der Waals surface area contributed by atoms with Crippen molar-refractivity contribution in [2.45, 2.75) is 18.3 Å². The van der Waals surface area contributed by atoms with Crippen molar-refractivity contribution < 1.29 is 9.47 Å². The third-order valence-electron chi connectivity index (χ3n) is 3.59. The van der Waals surface area contributed by atoms with Gasteiger partial charge in [-0.2, -0.15) is 0 Å². The molecule has 3 N–H and O–H groups in total. The molecule has 0 fully saturated rings. The minimum atomic E-state index is -0.0836. The Kier molecular flexibility index (Phi) is 4.57. The molecule has 1 unspecified atom stereocenters. The number of rotatable bonds is 4. The van der Waals surface area contributed by atoms with E-state index >= 15 is 0 Å². The molecular formula is C17H18ClN3O2. The molecule has 0 saturated carbocycles. The van der Waals surface area contributed by atoms with E-state index in [0.717, 1.165) is 29.1 Å². The quantitative estimate of drug-likeness (QED) is 0.506. The lowest BCUT2D eigenvalue weighted by molar-refractivity contribution is 0.174. The molecule has 1 aromatic carbocycles. The van der Waals surface area contributed by atoms with Crippen LogP contribution in [0.1, 0.15) is 12.0 Å². The zero-order chi connectivity index (χ0) is 16.2. The van der Waals surface area contributed by atoms with Crippen molar-refractivity contribution in [3.05, 3.63) is 60.0 Å². The standard InChI is InChI=1S/C17H18ClN3O2/c1-2-20-17(13-8-12(18)4-5-14(13)19)21-9-11-3-6-15-16(7-11)23-10-22-15/h2-3,5-8,12H,1,4,9-10,19H2,(H,20,21). The van der Waals surface area contributed by atoms with Crippen LogP contribution in [0.25, 0.3) is 0 Å². The number of nitrogens with zero attached hydrogens (tertiary/aromatic N) is 1. The zero-order valence-corrected chi connectivity index (χ0v) is 13.3. The van der Waals surface area contributed by atoms with Crippen LogP contribution in [0, 0.1) is 0 Å². The number of alkyl halides is 1. The Balaban J connectivity index is 1.75. The first-order chi connectivity index (χ1) is 11.2. The normalized spacial score (nSPS) is 19.9. The van der Waals surface area contributed by atoms with Gasteiger partial charge in [-0.25, -0.2) is 4.99 Å². The smallest absolute Gasteiger partial charge is 0.231 e. The van der Waals surface area contributed by atoms with E-state index in [-0.39, 0.29) is 12.2 Å². The SMILES string of the molecule is C=C/N=C(/NCc1ccc2c(c1)OCO2)C1=CC(Cl)CC=C1N. The molecule has 3 rings (SSSR count). The van der Waals surface area contributed by atoms with E-state index in [9.17, 15) is 0 Å². The van der Waals surface area contributed by atoms with Gasteiger partial charge in [-0.3, -0.25) is 0 Å². The van der Waals surface area contributed by atoms with Gasteiger partial charge in [-0.1, -0.05) is 24.8 Å². The van der Waals surface area contributed by atoms with Gasteiger partial charge < -0.3 is 20.5 Å². The molecule has 0 saturated heterocycles. The predicted molar refractivity (Wildman–Crippen MR) is 91.6 cm³/mol. The van der Waals surface area contributed by atoms with E-state index in [2.05, 4.69) is 16.9 Å². The number of aliphatic imine (C=N–C) groups is 1. The van der Waals surface area contributed by atoms with Gasteiger partial charge in [0.2, 0.25) is 6.79 Å². The van der Waals surface area contributed by atoms with Crippen LogP contribution < -0.4 is 20.5 Å². The molecule has 1 heterocycles. The first kappa shape index (κ1) is 15.5. The van der Waals surface area contributed by atoms with Crippen molar-refractivity contribution in [3.63, 3.8) is 0 Å². The average molecular weight is 332 g/mol. The summed E-state index contributed by atoms with van der Waals surface area (Å²) < 4.78 is 10.7. The van der Waals surface area contributed by atoms with E-state index in [1.54, 1.807) is 0 Å². The number of allylic oxidation sites excluding steroid dienone is 2. The number of nitrogens with two attached hydrogens (primary N) is 1. The Morgan fingerprint density at radius 3 is 3.09 bits per heavy atom. The lowest BCUT2D eigenvalue weighted by Crippen LogP contribution is -2.29. The minimum Gasteiger partial charge on any atom is -0.454 e. The monoisotopic (exact) mass is 331 g/mol. The molecule has 1 aliphatic carbocycles. The Labute approximate surface area is 140 Å². The highest BCUT2D eigenvalue weighted by molar-refractivity contribution is 6.22. The molecule has 1 aliphatic heterocycles. The molecule has 0 bridgehead atoms. The van der Waals surface area contributed by atoms with E-state index in [1.807, 2.05) is 30.4 Å². The Hall–Kier alpha value is -2.40. The average Bonchev–Trinajstić information content (AvgIpc) is 3.01. The van der Waals surface area contributed by atoms with E-state index in [1.165, 1.54) is 6.20 Å². The summed E-state index contributed by atoms with van der Waals surface area (Å²) in [6.45, 7) is 4.49. The molecule has 0 spiro atoms. The Morgan fingerprint density at radius 2 is 2.26 bits per heavy atom. The van der Waals surface area contributed by atoms with Crippen molar-refractivity contribution in [1.82, 2.24) is 5.32 Å². The van der Waals surface area contributed by atoms with Crippen LogP contribution in [0.4, 0.5) is 0 Å². The molecule has 2 aliphatic rings. The van der Waals surface area contributed by atoms with Crippen LogP contribution >= 0.6 is 11.6 Å². The molecule has 1 atom stereocenters. The second-order valence-corrected chi connectivity index (χ2v) is 5.75. The zero-order valence-electron chi connectivity index (χ0n) is 12.6. The second-order valence-electron chi connectivity index (χ2n) is 5.19. The van der Waals surface area contributed by atoms with E-state index in [0.29, 0.717) is 18.1 Å². The maximum atomic E-state index is 6.19. The Bertz CT molecular complexity index is 710. The molecule has 0 amide bonds. The molecule has 0 aromatic heterocycles. The summed E-state index contributed by atoms with van der Waals surface area (Å²) in [5, 5.41) is 3.20. The number of fused-ring (bicyclic) bond motifs is 1. The lowest BCUT2D eigenvalue weighted by Gasteiger charge is -2.18. The van der Waals surface area contributed by atoms with Gasteiger partial charge in [0.1, 0.15) is 5.84 Å². The molecule has 0 radical (unpaired) electrons. The maximum absolute atomic E-state index is 6.19. The van der Waals surface area contributed by atoms with E-state index < -0.39 is 0 Å². The van der Waals surface area contributed by atoms with Gasteiger partial charge in [-0.15, -0.1) is 11.6 Å². The fourth-order valence-electron chi connectivity index (χ4n) is 2.45. The van der Waals surface area contributed by atoms with Crippen LogP contribution in [0.2, 0.25) is 0 Å². The topological polar surface area (TPSA) is 68.9 Å². The first-order valence-corrected chi connectivity index (χ1v) is 7.74. The maximum Gasteiger partial charge on any atom is 0.231 e. The molecule has 23 heavy (non-hydrogen) atoms. The number of halogens is 1. The van der Waals surface area contributed by atoms with Crippen molar-refractivity contribution >= 4 is 17.4 Å². The number of amidine groups is 1. The van der Waals surface area contributed by atoms with Crippen molar-refractivity contribution in [1.29, 1.82) is 0 Å². The highest BCUT2D eigenvalue weighted by atomic mass is 35.5. The molecule has 5 nitrogen and oxygen atoms in total. The summed E-state index contributed by atoms with van der Waals surface area (Å²) in [5.41, 5.74) is 8.58. The highest BCUT2D eigenvalue weighted by Crippen LogP contribution is 2.32. The van der Waals surface area contributed by atoms with Crippen LogP contribution in [0.5, 0.6) is 11.5 Å². The molecule has 120 valence electrons. The summed E-state index contributed by atoms with van der Waals surface area (Å²) in [4.78, 5) is 4.29. The lowest BCUT2D eigenvalue weighted by atomic mass is 10.0. The summed E-state index contributed by atoms with van der Waals surface area (Å²) in [7, 11) is 0. The number of ether oxygens (including phenoxy) is 2. The van der Waals surface area contributed by atoms with Crippen LogP contribution in [-0.2, 0) is 6.54 Å². The molecule has 6 heteroatoms. The molecular weight excluding hydrogens is 314 g/mol. The Morgan fingerprint density at radius 1 is 1.43 bits per heavy atom. The number of benzene rings is 1. The third-order valence-corrected chi connectivity index (χ3v) is 3.90. The van der Waals surface area contributed by atoms with Gasteiger partial charge in [0.05, 0.1) is 5.38 Å². The third kappa shape index (κ3) is 3.51. The predicted octanol–water partition coefficient (Wildman–Crippen LogP) is 2.83. The fraction of sp³-hybridized carbons (Fsp3) is 0.235. The van der Waals surface area contributed by atoms with E-state index in [4.69, 9.17) is 26.8 Å². The summed E-state index contributed by atoms with van der Waals surface area (Å²) in [6.07, 6.45) is 6.02. The van der Waals surface area contributed by atoms with Gasteiger partial charge in [0.15, 0.2) is 11.5 Å². The van der Waals surface area contributed by atoms with Gasteiger partial charge in [0.25, 0.3) is 0 Å². The van der Waals surface area contributed by atoms with Gasteiger partial charge >= 0.3 is 0 Å². The van der Waals surface area contributed by atoms with Gasteiger partial charge in [0, 0.05) is 24.0 Å². The number of hydrogen-bond acceptors (Lipinski definition) is 4. The minimum absolute atomic E-state index is 0.0836. The summed E-state index contributed by atoms with van der Waals surface area (Å²) in [5.74, 6) is 2.17. The van der Waals surface area contributed by atoms with Crippen LogP contribution in [0.3, 0.4) is 0 Å². The van der Waals surface area contributed by atoms with Gasteiger partial charge in [-0.05, 0) is 24.1 Å². The van der Waals surface area contributed by atoms with Crippen LogP contribution in [-0.4, -0.2) is 18.0 Å². The van der Waals surface area contributed by atoms with Crippen molar-refractivity contribution in [2.24, 2.45) is 10.7 Å². The summed E-state index contributed by atoms with van der Waals surface area (Å²) in [6, 6.07) is 5.82. The fourth-order valence-corrected chi connectivity index (χ4v) is 2.66. The summed E-state index contributed by atoms with van der Waals surface area (Å²) >= 11 is 6.19. The van der Waals surface area contributed by atoms with Crippen molar-refractivity contribution in [3.8, 4) is 11.5 Å².